The van der Waals surface area contributed by atoms with Crippen LogP contribution in [0.5, 0.6) is 0 Å². The number of imide groups is 1. The lowest BCUT2D eigenvalue weighted by Crippen LogP contribution is -2.48. The highest BCUT2D eigenvalue weighted by molar-refractivity contribution is 5.98. The molecule has 3 aliphatic rings. The molecule has 0 bridgehead atoms. The van der Waals surface area contributed by atoms with E-state index in [4.69, 9.17) is 9.90 Å². The third kappa shape index (κ3) is 6.72. The topological polar surface area (TPSA) is 107 Å². The molecule has 2 amide bonds. The van der Waals surface area contributed by atoms with E-state index < -0.39 is 5.97 Å². The van der Waals surface area contributed by atoms with Crippen LogP contribution in [0.3, 0.4) is 0 Å². The first-order valence-electron chi connectivity index (χ1n) is 11.7. The maximum Gasteiger partial charge on any atom is 0.300 e. The molecule has 2 saturated heterocycles. The van der Waals surface area contributed by atoms with Crippen molar-refractivity contribution in [3.05, 3.63) is 18.5 Å². The van der Waals surface area contributed by atoms with Gasteiger partial charge in [0.05, 0.1) is 0 Å². The summed E-state index contributed by atoms with van der Waals surface area (Å²) in [6.45, 7) is 6.57. The highest BCUT2D eigenvalue weighted by Gasteiger charge is 2.44. The molecule has 2 aliphatic heterocycles. The number of amides is 2. The number of carboxylic acids is 1. The van der Waals surface area contributed by atoms with Crippen LogP contribution in [0.15, 0.2) is 18.5 Å². The number of nitrogens with zero attached hydrogens (tertiary/aromatic N) is 5. The average molecular weight is 446 g/mol. The van der Waals surface area contributed by atoms with E-state index in [1.807, 2.05) is 6.07 Å². The Morgan fingerprint density at radius 1 is 0.969 bits per heavy atom. The molecule has 4 rings (SSSR count). The van der Waals surface area contributed by atoms with Crippen molar-refractivity contribution in [2.45, 2.75) is 58.3 Å². The van der Waals surface area contributed by atoms with Gasteiger partial charge in [0, 0.05) is 64.9 Å². The van der Waals surface area contributed by atoms with Gasteiger partial charge >= 0.3 is 0 Å². The fraction of sp³-hybridized carbons (Fsp3) is 0.696. The standard InChI is InChI=1S/C21H31N5O2.C2H4O2/c27-18-16-21(6-1-2-7-21)17-19(28)26(18)11-4-3-10-24-12-14-25(15-13-24)20-22-8-5-9-23-20;1-2(3)4/h5,8-9H,1-4,6-7,10-17H2;1H3,(H,3,4). The number of rotatable bonds is 6. The van der Waals surface area contributed by atoms with Gasteiger partial charge in [0.25, 0.3) is 5.97 Å². The second kappa shape index (κ2) is 11.4. The number of carboxylic acid groups (broad SMARTS) is 1. The molecular weight excluding hydrogens is 410 g/mol. The normalized spacial score (nSPS) is 20.9. The van der Waals surface area contributed by atoms with Crippen LogP contribution in [0, 0.1) is 5.41 Å². The highest BCUT2D eigenvalue weighted by Crippen LogP contribution is 2.46. The maximum atomic E-state index is 12.5. The second-order valence-corrected chi connectivity index (χ2v) is 9.10. The van der Waals surface area contributed by atoms with Gasteiger partial charge < -0.3 is 10.0 Å². The molecule has 3 heterocycles. The van der Waals surface area contributed by atoms with Crippen molar-refractivity contribution in [2.75, 3.05) is 44.2 Å². The Kier molecular flexibility index (Phi) is 8.55. The number of piperazine rings is 1. The lowest BCUT2D eigenvalue weighted by atomic mass is 9.76. The van der Waals surface area contributed by atoms with Gasteiger partial charge in [-0.25, -0.2) is 9.97 Å². The molecule has 9 heteroatoms. The van der Waals surface area contributed by atoms with Crippen LogP contribution in [-0.4, -0.2) is 81.9 Å². The summed E-state index contributed by atoms with van der Waals surface area (Å²) in [4.78, 5) is 48.9. The summed E-state index contributed by atoms with van der Waals surface area (Å²) < 4.78 is 0. The van der Waals surface area contributed by atoms with E-state index in [0.717, 1.165) is 71.3 Å². The zero-order chi connectivity index (χ0) is 23.0. The average Bonchev–Trinajstić information content (AvgIpc) is 3.20. The van der Waals surface area contributed by atoms with E-state index in [2.05, 4.69) is 19.8 Å². The number of anilines is 1. The molecule has 0 unspecified atom stereocenters. The number of aliphatic carboxylic acids is 1. The van der Waals surface area contributed by atoms with Gasteiger partial charge in [-0.05, 0) is 43.7 Å². The Hall–Kier alpha value is -2.55. The van der Waals surface area contributed by atoms with Crippen molar-refractivity contribution in [3.8, 4) is 0 Å². The van der Waals surface area contributed by atoms with Gasteiger partial charge in [-0.2, -0.15) is 0 Å². The van der Waals surface area contributed by atoms with Gasteiger partial charge in [-0.1, -0.05) is 12.8 Å². The third-order valence-electron chi connectivity index (χ3n) is 6.63. The van der Waals surface area contributed by atoms with E-state index >= 15 is 0 Å². The monoisotopic (exact) mass is 445 g/mol. The number of piperidine rings is 1. The largest absolute Gasteiger partial charge is 0.481 e. The van der Waals surface area contributed by atoms with Gasteiger partial charge in [-0.3, -0.25) is 24.2 Å². The van der Waals surface area contributed by atoms with Gasteiger partial charge in [0.1, 0.15) is 0 Å². The van der Waals surface area contributed by atoms with E-state index in [1.54, 1.807) is 12.4 Å². The van der Waals surface area contributed by atoms with Crippen LogP contribution >= 0.6 is 0 Å². The number of carbonyl (C=O) groups excluding carboxylic acids is 2. The molecule has 1 N–H and O–H groups in total. The first-order chi connectivity index (χ1) is 15.4. The van der Waals surface area contributed by atoms with Crippen LogP contribution in [0.2, 0.25) is 0 Å². The van der Waals surface area contributed by atoms with E-state index in [0.29, 0.717) is 19.4 Å². The zero-order valence-corrected chi connectivity index (χ0v) is 19.0. The summed E-state index contributed by atoms with van der Waals surface area (Å²) in [7, 11) is 0. The summed E-state index contributed by atoms with van der Waals surface area (Å²) in [6.07, 6.45) is 11.1. The molecule has 1 aliphatic carbocycles. The zero-order valence-electron chi connectivity index (χ0n) is 19.0. The lowest BCUT2D eigenvalue weighted by Gasteiger charge is -2.37. The molecule has 0 aromatic carbocycles. The maximum absolute atomic E-state index is 12.5. The fourth-order valence-corrected chi connectivity index (χ4v) is 4.99. The van der Waals surface area contributed by atoms with Crippen molar-refractivity contribution in [1.82, 2.24) is 19.8 Å². The Balaban J connectivity index is 0.000000668. The predicted octanol–water partition coefficient (Wildman–Crippen LogP) is 2.18. The number of unbranched alkanes of at least 4 members (excludes halogenated alkanes) is 1. The Labute approximate surface area is 189 Å². The fourth-order valence-electron chi connectivity index (χ4n) is 4.99. The van der Waals surface area contributed by atoms with E-state index in [-0.39, 0.29) is 17.2 Å². The number of carbonyl (C=O) groups is 3. The minimum Gasteiger partial charge on any atom is -0.481 e. The van der Waals surface area contributed by atoms with Crippen molar-refractivity contribution in [2.24, 2.45) is 5.41 Å². The number of hydrogen-bond acceptors (Lipinski definition) is 7. The van der Waals surface area contributed by atoms with E-state index in [9.17, 15) is 9.59 Å². The molecule has 9 nitrogen and oxygen atoms in total. The number of likely N-dealkylation sites (tertiary alicyclic amines) is 1. The van der Waals surface area contributed by atoms with Crippen molar-refractivity contribution < 1.29 is 19.5 Å². The molecule has 3 fully saturated rings. The molecule has 1 spiro atoms. The summed E-state index contributed by atoms with van der Waals surface area (Å²) in [5.41, 5.74) is 0.00676. The first kappa shape index (κ1) is 24.1. The molecule has 0 atom stereocenters. The third-order valence-corrected chi connectivity index (χ3v) is 6.63. The smallest absolute Gasteiger partial charge is 0.300 e. The van der Waals surface area contributed by atoms with Crippen molar-refractivity contribution in [1.29, 1.82) is 0 Å². The summed E-state index contributed by atoms with van der Waals surface area (Å²) in [6, 6.07) is 1.84. The Bertz CT molecular complexity index is 750. The molecule has 32 heavy (non-hydrogen) atoms. The second-order valence-electron chi connectivity index (χ2n) is 9.10. The molecule has 176 valence electrons. The summed E-state index contributed by atoms with van der Waals surface area (Å²) in [5.74, 6) is 0.105. The minimum atomic E-state index is -0.833. The van der Waals surface area contributed by atoms with Gasteiger partial charge in [0.15, 0.2) is 0 Å². The molecule has 0 radical (unpaired) electrons. The van der Waals surface area contributed by atoms with Gasteiger partial charge in [0.2, 0.25) is 17.8 Å². The predicted molar refractivity (Wildman–Crippen MR) is 120 cm³/mol. The Morgan fingerprint density at radius 3 is 2.06 bits per heavy atom. The molecular formula is C23H35N5O4. The van der Waals surface area contributed by atoms with E-state index in [1.165, 1.54) is 17.7 Å². The molecule has 1 saturated carbocycles. The molecule has 1 aromatic rings. The lowest BCUT2D eigenvalue weighted by molar-refractivity contribution is -0.153. The van der Waals surface area contributed by atoms with Crippen LogP contribution in [0.25, 0.3) is 0 Å². The van der Waals surface area contributed by atoms with Crippen LogP contribution in [0.1, 0.15) is 58.3 Å². The van der Waals surface area contributed by atoms with Crippen LogP contribution < -0.4 is 4.90 Å². The molecule has 1 aromatic heterocycles. The van der Waals surface area contributed by atoms with Crippen molar-refractivity contribution >= 4 is 23.7 Å². The summed E-state index contributed by atoms with van der Waals surface area (Å²) >= 11 is 0. The first-order valence-corrected chi connectivity index (χ1v) is 11.7. The SMILES string of the molecule is CC(=O)O.O=C1CC2(CCCC2)CC(=O)N1CCCCN1CCN(c2ncccn2)CC1. The van der Waals surface area contributed by atoms with Crippen LogP contribution in [0.4, 0.5) is 5.95 Å². The van der Waals surface area contributed by atoms with Crippen LogP contribution in [-0.2, 0) is 14.4 Å². The quantitative estimate of drug-likeness (QED) is 0.524. The number of aromatic nitrogens is 2. The Morgan fingerprint density at radius 2 is 1.50 bits per heavy atom. The summed E-state index contributed by atoms with van der Waals surface area (Å²) in [5, 5.41) is 7.42. The number of hydrogen-bond donors (Lipinski definition) is 1. The highest BCUT2D eigenvalue weighted by atomic mass is 16.4. The van der Waals surface area contributed by atoms with Crippen molar-refractivity contribution in [3.63, 3.8) is 0 Å². The minimum absolute atomic E-state index is 0.00676. The van der Waals surface area contributed by atoms with Gasteiger partial charge in [-0.15, -0.1) is 0 Å².